The lowest BCUT2D eigenvalue weighted by molar-refractivity contribution is -0.120. The summed E-state index contributed by atoms with van der Waals surface area (Å²) >= 11 is 1.23. The Kier molecular flexibility index (Phi) is 8.47. The van der Waals surface area contributed by atoms with Crippen molar-refractivity contribution in [1.82, 2.24) is 20.8 Å². The summed E-state index contributed by atoms with van der Waals surface area (Å²) in [6.45, 7) is 7.05. The van der Waals surface area contributed by atoms with Gasteiger partial charge >= 0.3 is 0 Å². The lowest BCUT2D eigenvalue weighted by Gasteiger charge is -2.15. The van der Waals surface area contributed by atoms with Crippen LogP contribution in [0.4, 0.5) is 0 Å². The Morgan fingerprint density at radius 1 is 0.793 bits per heavy atom. The monoisotopic (exact) mass is 412 g/mol. The minimum Gasteiger partial charge on any atom is -0.272 e. The summed E-state index contributed by atoms with van der Waals surface area (Å²) < 4.78 is 0. The third kappa shape index (κ3) is 7.11. The minimum absolute atomic E-state index is 0.278. The molecule has 0 aliphatic rings. The average molecular weight is 413 g/mol. The molecule has 0 radical (unpaired) electrons. The van der Waals surface area contributed by atoms with Crippen LogP contribution in [0, 0.1) is 0 Å². The number of hydrogen-bond donors (Lipinski definition) is 2. The predicted molar refractivity (Wildman–Crippen MR) is 116 cm³/mol. The van der Waals surface area contributed by atoms with Crippen molar-refractivity contribution in [1.29, 1.82) is 0 Å². The molecule has 0 aromatic carbocycles. The Morgan fingerprint density at radius 3 is 1.48 bits per heavy atom. The average Bonchev–Trinajstić information content (AvgIpc) is 2.76. The summed E-state index contributed by atoms with van der Waals surface area (Å²) in [6, 6.07) is 7.24. The number of rotatable bonds is 8. The Bertz CT molecular complexity index is 813. The topological polar surface area (TPSA) is 109 Å². The van der Waals surface area contributed by atoms with E-state index < -0.39 is 10.5 Å². The van der Waals surface area contributed by atoms with Crippen LogP contribution in [0.5, 0.6) is 0 Å². The zero-order valence-electron chi connectivity index (χ0n) is 16.8. The number of hydrogen-bond acceptors (Lipinski definition) is 7. The van der Waals surface area contributed by atoms with Gasteiger partial charge < -0.3 is 0 Å². The van der Waals surface area contributed by atoms with Gasteiger partial charge in [0.25, 0.3) is 11.8 Å². The SMILES string of the molecule is C/C(=N/NC(=O)[C@H](C)S[C@@H](C)C(=O)N/N=C(\C)c1ccncc1)c1ccncc1. The lowest BCUT2D eigenvalue weighted by Crippen LogP contribution is -2.33. The standard InChI is InChI=1S/C20H24N6O2S/c1-13(17-5-9-21-10-6-17)23-25-19(27)15(3)29-16(4)20(28)26-24-14(2)18-7-11-22-12-8-18/h5-12,15-16H,1-4H3,(H,25,27)(H,26,28)/b23-13-,24-14+/t15-,16-/m0/s1. The van der Waals surface area contributed by atoms with E-state index in [1.807, 2.05) is 24.3 Å². The molecule has 2 N–H and O–H groups in total. The Balaban J connectivity index is 1.84. The first-order valence-electron chi connectivity index (χ1n) is 9.03. The molecule has 2 amide bonds. The number of thioether (sulfide) groups is 1. The zero-order valence-corrected chi connectivity index (χ0v) is 17.6. The highest BCUT2D eigenvalue weighted by molar-refractivity contribution is 8.01. The fourth-order valence-corrected chi connectivity index (χ4v) is 3.17. The summed E-state index contributed by atoms with van der Waals surface area (Å²) in [5.74, 6) is -0.556. The highest BCUT2D eigenvalue weighted by Gasteiger charge is 2.21. The smallest absolute Gasteiger partial charge is 0.252 e. The Hall–Kier alpha value is -3.07. The highest BCUT2D eigenvalue weighted by atomic mass is 32.2. The van der Waals surface area contributed by atoms with Gasteiger partial charge in [-0.15, -0.1) is 11.8 Å². The molecule has 0 spiro atoms. The molecule has 2 atom stereocenters. The third-order valence-corrected chi connectivity index (χ3v) is 5.26. The molecule has 0 fully saturated rings. The molecule has 0 unspecified atom stereocenters. The van der Waals surface area contributed by atoms with E-state index in [0.717, 1.165) is 11.1 Å². The molecule has 0 saturated carbocycles. The van der Waals surface area contributed by atoms with Crippen LogP contribution in [0.3, 0.4) is 0 Å². The number of aromatic nitrogens is 2. The molecule has 0 aliphatic heterocycles. The quantitative estimate of drug-likeness (QED) is 0.511. The first kappa shape index (κ1) is 22.2. The molecule has 0 saturated heterocycles. The maximum atomic E-state index is 12.3. The molecule has 2 heterocycles. The predicted octanol–water partition coefficient (Wildman–Crippen LogP) is 2.37. The van der Waals surface area contributed by atoms with E-state index in [1.165, 1.54) is 11.8 Å². The number of hydrazone groups is 2. The van der Waals surface area contributed by atoms with Gasteiger partial charge in [0.2, 0.25) is 0 Å². The van der Waals surface area contributed by atoms with Crippen molar-refractivity contribution < 1.29 is 9.59 Å². The van der Waals surface area contributed by atoms with Gasteiger partial charge in [0.15, 0.2) is 0 Å². The van der Waals surface area contributed by atoms with E-state index in [1.54, 1.807) is 52.5 Å². The van der Waals surface area contributed by atoms with Gasteiger partial charge in [-0.3, -0.25) is 19.6 Å². The summed E-state index contributed by atoms with van der Waals surface area (Å²) in [7, 11) is 0. The van der Waals surface area contributed by atoms with Crippen molar-refractivity contribution in [3.63, 3.8) is 0 Å². The normalized spacial score (nSPS) is 14.1. The van der Waals surface area contributed by atoms with E-state index in [4.69, 9.17) is 0 Å². The van der Waals surface area contributed by atoms with Gasteiger partial charge in [0, 0.05) is 35.9 Å². The van der Waals surface area contributed by atoms with E-state index in [2.05, 4.69) is 31.0 Å². The van der Waals surface area contributed by atoms with Crippen LogP contribution >= 0.6 is 11.8 Å². The summed E-state index contributed by atoms with van der Waals surface area (Å²) in [6.07, 6.45) is 6.64. The minimum atomic E-state index is -0.463. The molecule has 2 aromatic heterocycles. The molecule has 29 heavy (non-hydrogen) atoms. The van der Waals surface area contributed by atoms with Crippen LogP contribution in [-0.4, -0.2) is 43.7 Å². The molecule has 0 bridgehead atoms. The van der Waals surface area contributed by atoms with Crippen molar-refractivity contribution in [3.8, 4) is 0 Å². The Morgan fingerprint density at radius 2 is 1.14 bits per heavy atom. The van der Waals surface area contributed by atoms with E-state index in [-0.39, 0.29) is 11.8 Å². The van der Waals surface area contributed by atoms with Crippen molar-refractivity contribution in [3.05, 3.63) is 60.2 Å². The number of pyridine rings is 2. The van der Waals surface area contributed by atoms with Crippen LogP contribution in [-0.2, 0) is 9.59 Å². The van der Waals surface area contributed by atoms with Crippen LogP contribution in [0.2, 0.25) is 0 Å². The number of carbonyl (C=O) groups is 2. The van der Waals surface area contributed by atoms with Crippen LogP contribution in [0.15, 0.2) is 59.3 Å². The van der Waals surface area contributed by atoms with Gasteiger partial charge in [0.05, 0.1) is 21.9 Å². The number of nitrogens with one attached hydrogen (secondary N) is 2. The van der Waals surface area contributed by atoms with Crippen molar-refractivity contribution in [2.75, 3.05) is 0 Å². The zero-order chi connectivity index (χ0) is 21.2. The van der Waals surface area contributed by atoms with Crippen molar-refractivity contribution in [2.24, 2.45) is 10.2 Å². The molecule has 8 nitrogen and oxygen atoms in total. The van der Waals surface area contributed by atoms with Crippen molar-refractivity contribution in [2.45, 2.75) is 38.2 Å². The summed E-state index contributed by atoms with van der Waals surface area (Å²) in [5, 5.41) is 7.29. The molecule has 2 aromatic rings. The molecule has 152 valence electrons. The number of amides is 2. The van der Waals surface area contributed by atoms with Gasteiger partial charge in [-0.2, -0.15) is 10.2 Å². The molecule has 2 rings (SSSR count). The maximum absolute atomic E-state index is 12.3. The highest BCUT2D eigenvalue weighted by Crippen LogP contribution is 2.18. The fraction of sp³-hybridized carbons (Fsp3) is 0.300. The van der Waals surface area contributed by atoms with E-state index >= 15 is 0 Å². The van der Waals surface area contributed by atoms with Gasteiger partial charge in [0.1, 0.15) is 0 Å². The number of nitrogens with zero attached hydrogens (tertiary/aromatic N) is 4. The van der Waals surface area contributed by atoms with Gasteiger partial charge in [-0.1, -0.05) is 0 Å². The van der Waals surface area contributed by atoms with Crippen LogP contribution in [0.25, 0.3) is 0 Å². The third-order valence-electron chi connectivity index (χ3n) is 4.01. The first-order chi connectivity index (χ1) is 13.9. The number of carbonyl (C=O) groups excluding carboxylic acids is 2. The molecule has 0 aliphatic carbocycles. The van der Waals surface area contributed by atoms with E-state index in [0.29, 0.717) is 11.4 Å². The lowest BCUT2D eigenvalue weighted by atomic mass is 10.2. The first-order valence-corrected chi connectivity index (χ1v) is 9.97. The van der Waals surface area contributed by atoms with Gasteiger partial charge in [-0.25, -0.2) is 10.9 Å². The summed E-state index contributed by atoms with van der Waals surface area (Å²) in [5.41, 5.74) is 8.16. The second kappa shape index (κ2) is 11.1. The molecular formula is C20H24N6O2S. The van der Waals surface area contributed by atoms with Gasteiger partial charge in [-0.05, 0) is 52.0 Å². The second-order valence-electron chi connectivity index (χ2n) is 6.24. The summed E-state index contributed by atoms with van der Waals surface area (Å²) in [4.78, 5) is 32.4. The fourth-order valence-electron chi connectivity index (χ4n) is 2.20. The second-order valence-corrected chi connectivity index (χ2v) is 7.93. The molecular weight excluding hydrogens is 388 g/mol. The van der Waals surface area contributed by atoms with Crippen molar-refractivity contribution >= 4 is 35.0 Å². The molecule has 9 heteroatoms. The Labute approximate surface area is 174 Å². The van der Waals surface area contributed by atoms with E-state index in [9.17, 15) is 9.59 Å². The van der Waals surface area contributed by atoms with Crippen LogP contribution in [0.1, 0.15) is 38.8 Å². The maximum Gasteiger partial charge on any atom is 0.252 e. The van der Waals surface area contributed by atoms with Crippen LogP contribution < -0.4 is 10.9 Å². The largest absolute Gasteiger partial charge is 0.272 e.